The van der Waals surface area contributed by atoms with Crippen molar-refractivity contribution in [1.82, 2.24) is 0 Å². The smallest absolute Gasteiger partial charge is 0.327 e. The van der Waals surface area contributed by atoms with Crippen molar-refractivity contribution in [2.24, 2.45) is 29.6 Å². The molecule has 0 bridgehead atoms. The molecule has 12 aliphatic rings. The number of alkyl halides is 7. The van der Waals surface area contributed by atoms with Crippen LogP contribution in [0.3, 0.4) is 0 Å². The Kier molecular flexibility index (Phi) is 104. The molecule has 65 heteroatoms. The Labute approximate surface area is 968 Å². The monoisotopic (exact) mass is 2640 g/mol. The molecule has 12 aliphatic heterocycles. The van der Waals surface area contributed by atoms with Crippen molar-refractivity contribution >= 4 is 245 Å². The predicted molar refractivity (Wildman–Crippen MR) is 598 cm³/mol. The molecule has 5 spiro atoms. The molecule has 12 saturated heterocycles. The molecule has 0 aromatic heterocycles. The van der Waals surface area contributed by atoms with Crippen LogP contribution in [0.2, 0.25) is 0 Å². The minimum absolute atomic E-state index is 0. The molecule has 857 valence electrons. The Bertz CT molecular complexity index is 3650. The van der Waals surface area contributed by atoms with Gasteiger partial charge in [0.25, 0.3) is 0 Å². The molecule has 17 radical (unpaired) electrons. The molecule has 0 aromatic rings. The van der Waals surface area contributed by atoms with E-state index in [0.29, 0.717) is 86.1 Å². The fraction of sp³-hybridized carbons (Fsp3) is 0.936. The predicted octanol–water partition coefficient (Wildman–Crippen LogP) is 16.5. The molecule has 143 heavy (non-hydrogen) atoms. The summed E-state index contributed by atoms with van der Waals surface area (Å²) in [5, 5.41) is 17.9. The molecule has 12 rings (SSSR count). The number of aliphatic hydroxyl groups excluding tert-OH is 2. The van der Waals surface area contributed by atoms with Crippen molar-refractivity contribution in [3.05, 3.63) is 37.1 Å². The minimum Gasteiger partial charge on any atom is -0.396 e. The summed E-state index contributed by atoms with van der Waals surface area (Å²) >= 11 is 24.6. The fourth-order valence-corrected chi connectivity index (χ4v) is 33.3. The molecule has 12 fully saturated rings. The molecule has 2 N–H and O–H groups in total. The Hall–Kier alpha value is 7.51. The molecule has 12 heterocycles. The summed E-state index contributed by atoms with van der Waals surface area (Å²) < 4.78 is 235. The molecular formula is C78H156B8ClF8NNi5O23P9S10-4. The van der Waals surface area contributed by atoms with Crippen LogP contribution >= 0.6 is 82.6 Å². The van der Waals surface area contributed by atoms with Gasteiger partial charge < -0.3 is 135 Å². The molecule has 24 nitrogen and oxygen atoms in total. The van der Waals surface area contributed by atoms with Crippen LogP contribution in [0.1, 0.15) is 142 Å². The van der Waals surface area contributed by atoms with E-state index in [-0.39, 0.29) is 254 Å². The third-order valence-electron chi connectivity index (χ3n) is 24.2. The Morgan fingerprint density at radius 3 is 0.993 bits per heavy atom. The van der Waals surface area contributed by atoms with Crippen LogP contribution in [0.5, 0.6) is 0 Å². The first-order valence-corrected chi connectivity index (χ1v) is 69.8. The zero-order valence-electron chi connectivity index (χ0n) is 84.5. The van der Waals surface area contributed by atoms with Gasteiger partial charge >= 0.3 is 15.2 Å². The van der Waals surface area contributed by atoms with E-state index in [0.717, 1.165) is 19.3 Å². The fourth-order valence-electron chi connectivity index (χ4n) is 15.7. The summed E-state index contributed by atoms with van der Waals surface area (Å²) in [4.78, 5) is 0. The van der Waals surface area contributed by atoms with Crippen LogP contribution in [-0.2, 0) is 278 Å². The van der Waals surface area contributed by atoms with Crippen LogP contribution in [0.4, 0.5) is 35.2 Å². The van der Waals surface area contributed by atoms with Crippen molar-refractivity contribution in [1.29, 1.82) is 0 Å². The number of hydrogen-bond donors (Lipinski definition) is 2. The van der Waals surface area contributed by atoms with E-state index in [2.05, 4.69) is 38.5 Å². The van der Waals surface area contributed by atoms with Crippen LogP contribution in [0, 0.1) is 66.7 Å². The van der Waals surface area contributed by atoms with Gasteiger partial charge in [0.15, 0.2) is 21.4 Å². The van der Waals surface area contributed by atoms with Gasteiger partial charge in [-0.2, -0.15) is 0 Å². The minimum atomic E-state index is -3.09. The van der Waals surface area contributed by atoms with Gasteiger partial charge in [0, 0.05) is 322 Å². The maximum absolute atomic E-state index is 14.0. The average Bonchev–Trinajstić information content (AvgIpc) is 1.62. The third kappa shape index (κ3) is 53.1. The summed E-state index contributed by atoms with van der Waals surface area (Å²) in [6.45, 7) is 33.7. The SMILES string of the molecule is C.C.CC[N+](F)(CC)CC.CP.CPCl.S=S=S=S=S=S=S=S.[B].[B][C@@H]1O[C@@](CC)(CCC)C(C)[C@@H]1F.[B][C@@H]1O[C@@](CO)(CCO)C(C)[C@@H]1F.[B][C@@H]1O[C@@]2(CCOP(C)(=O)OC2)C(C)[C@@H]1F.[B][C@@H]1O[C@@]2(CCOP(C)(=O)OC2)C(OPC)[C@@H]1F.[B][C@@H]1O[C@@]2(CCOP(C)(=S)OC2)C(C)[C@@H]1F.[B][C@@H]1O[C@@]2(CCOP(C)(=S)OC2)C(OPC)[C@@H]1F.[B][C@@H]1O[C@@]2(CCOP(C)OC2)C(C)[C@@H]1F.[CH3-].[CH3-].[CH3-].[CH3-].[CH3-].[Ni].[Ni].[Ni].[Ni].[Ni]. The van der Waals surface area contributed by atoms with Gasteiger partial charge in [-0.3, -0.25) is 9.13 Å². The van der Waals surface area contributed by atoms with Crippen molar-refractivity contribution in [2.45, 2.75) is 279 Å². The number of ether oxygens (including phenoxy) is 7. The second-order valence-electron chi connectivity index (χ2n) is 32.2. The van der Waals surface area contributed by atoms with Gasteiger partial charge in [0.1, 0.15) is 141 Å². The summed E-state index contributed by atoms with van der Waals surface area (Å²) in [7, 11) is 44.2. The van der Waals surface area contributed by atoms with E-state index in [9.17, 15) is 44.3 Å². The summed E-state index contributed by atoms with van der Waals surface area (Å²) in [5.41, 5.74) is -5.27. The van der Waals surface area contributed by atoms with Gasteiger partial charge in [-0.05, 0) is 89.6 Å². The second-order valence-corrected chi connectivity index (χ2v) is 59.2. The number of aliphatic hydroxyl groups is 2. The first-order chi connectivity index (χ1) is 60.7. The van der Waals surface area contributed by atoms with Gasteiger partial charge in [-0.15, -0.1) is 25.2 Å². The van der Waals surface area contributed by atoms with Gasteiger partial charge in [0.05, 0.1) is 113 Å². The zero-order valence-corrected chi connectivity index (χ0v) is 107. The van der Waals surface area contributed by atoms with E-state index in [4.69, 9.17) is 187 Å². The normalized spacial score (nSPS) is 39.7. The quantitative estimate of drug-likeness (QED) is 0.0571. The summed E-state index contributed by atoms with van der Waals surface area (Å²) in [6, 6.07) is -6.38. The summed E-state index contributed by atoms with van der Waals surface area (Å²) in [6.07, 6.45) is -4.63. The first-order valence-electron chi connectivity index (χ1n) is 42.2. The second kappa shape index (κ2) is 84.5. The molecule has 0 saturated carbocycles. The van der Waals surface area contributed by atoms with E-state index in [1.54, 1.807) is 76.3 Å². The molecule has 0 amide bonds. The number of halogens is 9. The van der Waals surface area contributed by atoms with E-state index >= 15 is 0 Å². The Morgan fingerprint density at radius 1 is 0.448 bits per heavy atom. The van der Waals surface area contributed by atoms with Crippen molar-refractivity contribution in [3.8, 4) is 0 Å². The van der Waals surface area contributed by atoms with Gasteiger partial charge in [-0.25, -0.2) is 30.7 Å². The molecule has 37 atom stereocenters. The topological polar surface area (TPSA) is 250 Å². The number of nitrogens with zero attached hydrogens (tertiary/aromatic N) is 1. The molecule has 16 unspecified atom stereocenters. The Morgan fingerprint density at radius 2 is 0.720 bits per heavy atom. The molecular weight excluding hydrogens is 2490 g/mol. The zero-order chi connectivity index (χ0) is 99.5. The van der Waals surface area contributed by atoms with Crippen LogP contribution in [0.25, 0.3) is 0 Å². The van der Waals surface area contributed by atoms with E-state index < -0.39 is 174 Å². The van der Waals surface area contributed by atoms with Gasteiger partial charge in [-0.1, -0.05) is 76.4 Å². The maximum atomic E-state index is 14.0. The standard InChI is InChI=1S/C10H18BFO.C9H16BFO5P2.C9H16BFO4P2S.C9H15BFO4P.C9H15BFO3PS.C9H15BFO3P.C8H14BFO3.C6H15FN.CH4ClP.CH5P.2CH4.5CH3.B.5Ni.S8/c1-4-6-10(5-2)7(3)8(12)9(11)13-10;1-17-16-7-6(11)8(10)15-9(7)3-4-13-18(2,12)14-5-9;1-16-15-7-6(11)8(10)14-9(7)3-4-12-17(2,18)13-5-9;1-6-7(11)8(10)15-9(6)3-4-13-16(2,12)14-5-9;1-6-7(11)8(10)14-9(6)3-4-12-15(2,16)13-5-9;1-6-7(11)8(10)14-9(6)3-4-12-15(2)13-5-9;1-5-6(10)7(9)13-8(5,4-12)2-3-11;1-4-8(7,5-2)6-3;1-3-2;1-2;;;;;;;;;;;;;;1-3-5-7-8-6-4-2/h7-9H,4-6H2,1-3H3;6-8,17H,3-5H2,1-2H3;6-8,16H,3-5H2,1-2H3;2*6-8H,3-5H2,1-2H3;6-8H,3-5H2,1-2H3;5-7,11-12H,2-4H2,1H3;4-6H2,1-3H3;3H,1H3;2H2,1H3;2*1H4;5*1H3;;;;;;;/q;;;;;;;+1;;;;;5*-1;;;;;;;/t7?,8-,9+,10-;6-,7?,8+,9+,18?;6-,7?,8+,9+,17?;6?,7-,8+,9+,16?;2*6?,7-,8+,9+,15?;5?,6-,7+,8+;;;;;;;;;;;;;;;;;/m0000000................./s1. The summed E-state index contributed by atoms with van der Waals surface area (Å²) in [5.74, 6) is -1.48. The van der Waals surface area contributed by atoms with Crippen LogP contribution < -0.4 is 0 Å². The van der Waals surface area contributed by atoms with Crippen molar-refractivity contribution in [3.63, 3.8) is 0 Å². The molecule has 0 aromatic carbocycles. The van der Waals surface area contributed by atoms with Crippen LogP contribution in [0.15, 0.2) is 0 Å². The first kappa shape index (κ1) is 175. The van der Waals surface area contributed by atoms with Crippen molar-refractivity contribution in [2.75, 3.05) is 159 Å². The maximum Gasteiger partial charge on any atom is 0.327 e. The number of hydrogen-bond acceptors (Lipinski definition) is 27. The van der Waals surface area contributed by atoms with Crippen molar-refractivity contribution < 1.29 is 229 Å². The van der Waals surface area contributed by atoms with Gasteiger partial charge in [0.2, 0.25) is 0 Å². The largest absolute Gasteiger partial charge is 0.396 e. The number of quaternary nitrogens is 1. The average molecular weight is 2640 g/mol. The molecule has 0 aliphatic carbocycles. The third-order valence-corrected chi connectivity index (χ3v) is 43.6. The number of rotatable bonds is 13. The van der Waals surface area contributed by atoms with E-state index in [1.165, 1.54) is 31.1 Å². The van der Waals surface area contributed by atoms with E-state index in [1.807, 2.05) is 68.2 Å². The Balaban J connectivity index is -0.000000134. The van der Waals surface area contributed by atoms with Crippen LogP contribution in [-0.4, -0.2) is 374 Å².